The molecule has 1 heterocycles. The van der Waals surface area contributed by atoms with Gasteiger partial charge in [-0.05, 0) is 29.2 Å². The molecule has 0 aliphatic heterocycles. The number of carbonyl (C=O) groups excluding carboxylic acids is 1. The van der Waals surface area contributed by atoms with Gasteiger partial charge >= 0.3 is 5.97 Å². The minimum Gasteiger partial charge on any atom is -0.465 e. The van der Waals surface area contributed by atoms with E-state index in [4.69, 9.17) is 5.53 Å². The molecule has 0 amide bonds. The summed E-state index contributed by atoms with van der Waals surface area (Å²) in [5, 5.41) is 3.31. The van der Waals surface area contributed by atoms with E-state index in [1.807, 2.05) is 0 Å². The monoisotopic (exact) mass is 192 g/mol. The lowest BCUT2D eigenvalue weighted by Gasteiger charge is -2.04. The number of aromatic nitrogens is 1. The molecule has 0 fully saturated rings. The van der Waals surface area contributed by atoms with E-state index in [1.165, 1.54) is 13.3 Å². The average Bonchev–Trinajstić information content (AvgIpc) is 2.18. The predicted octanol–water partition coefficient (Wildman–Crippen LogP) is 2.12. The Kier molecular flexibility index (Phi) is 3.04. The van der Waals surface area contributed by atoms with Gasteiger partial charge in [0.2, 0.25) is 0 Å². The van der Waals surface area contributed by atoms with Crippen molar-refractivity contribution in [1.29, 1.82) is 0 Å². The van der Waals surface area contributed by atoms with Gasteiger partial charge in [-0.3, -0.25) is 4.98 Å². The number of pyridine rings is 1. The second-order valence-electron chi connectivity index (χ2n) is 2.51. The number of methoxy groups -OCH3 is 1. The van der Waals surface area contributed by atoms with Crippen LogP contribution < -0.4 is 0 Å². The third-order valence-corrected chi connectivity index (χ3v) is 1.67. The molecule has 6 heteroatoms. The quantitative estimate of drug-likeness (QED) is 0.311. The SMILES string of the molecule is COC(=O)c1c(C)ccnc1N=[N+]=[N-]. The van der Waals surface area contributed by atoms with Crippen LogP contribution in [0.1, 0.15) is 15.9 Å². The highest BCUT2D eigenvalue weighted by Crippen LogP contribution is 2.20. The molecular formula is C8H8N4O2. The Hall–Kier alpha value is -2.07. The molecule has 14 heavy (non-hydrogen) atoms. The fourth-order valence-electron chi connectivity index (χ4n) is 1.02. The van der Waals surface area contributed by atoms with E-state index in [1.54, 1.807) is 13.0 Å². The maximum Gasteiger partial charge on any atom is 0.340 e. The largest absolute Gasteiger partial charge is 0.465 e. The van der Waals surface area contributed by atoms with Gasteiger partial charge in [0.05, 0.1) is 12.7 Å². The summed E-state index contributed by atoms with van der Waals surface area (Å²) < 4.78 is 4.54. The van der Waals surface area contributed by atoms with Crippen molar-refractivity contribution >= 4 is 11.8 Å². The summed E-state index contributed by atoms with van der Waals surface area (Å²) in [6.07, 6.45) is 1.46. The summed E-state index contributed by atoms with van der Waals surface area (Å²) in [5.74, 6) is -0.516. The maximum atomic E-state index is 11.3. The van der Waals surface area contributed by atoms with Gasteiger partial charge in [0.25, 0.3) is 0 Å². The number of rotatable bonds is 2. The van der Waals surface area contributed by atoms with Crippen LogP contribution in [0.2, 0.25) is 0 Å². The highest BCUT2D eigenvalue weighted by molar-refractivity contribution is 5.95. The minimum atomic E-state index is -0.557. The minimum absolute atomic E-state index is 0.0411. The van der Waals surface area contributed by atoms with Crippen molar-refractivity contribution in [1.82, 2.24) is 4.98 Å². The zero-order chi connectivity index (χ0) is 10.6. The second-order valence-corrected chi connectivity index (χ2v) is 2.51. The number of nitrogens with zero attached hydrogens (tertiary/aromatic N) is 4. The zero-order valence-corrected chi connectivity index (χ0v) is 7.76. The molecule has 1 rings (SSSR count). The zero-order valence-electron chi connectivity index (χ0n) is 7.76. The number of hydrogen-bond donors (Lipinski definition) is 0. The van der Waals surface area contributed by atoms with Crippen molar-refractivity contribution < 1.29 is 9.53 Å². The summed E-state index contributed by atoms with van der Waals surface area (Å²) in [4.78, 5) is 17.6. The Morgan fingerprint density at radius 3 is 3.00 bits per heavy atom. The van der Waals surface area contributed by atoms with Crippen LogP contribution in [-0.2, 0) is 4.74 Å². The predicted molar refractivity (Wildman–Crippen MR) is 49.1 cm³/mol. The lowest BCUT2D eigenvalue weighted by molar-refractivity contribution is 0.0600. The fourth-order valence-corrected chi connectivity index (χ4v) is 1.02. The van der Waals surface area contributed by atoms with Crippen molar-refractivity contribution in [2.45, 2.75) is 6.92 Å². The topological polar surface area (TPSA) is 88.0 Å². The van der Waals surface area contributed by atoms with Gasteiger partial charge in [-0.15, -0.1) is 0 Å². The average molecular weight is 192 g/mol. The number of hydrogen-bond acceptors (Lipinski definition) is 4. The van der Waals surface area contributed by atoms with E-state index in [-0.39, 0.29) is 11.4 Å². The highest BCUT2D eigenvalue weighted by atomic mass is 16.5. The first-order valence-corrected chi connectivity index (χ1v) is 3.79. The lowest BCUT2D eigenvalue weighted by atomic mass is 10.1. The van der Waals surface area contributed by atoms with Gasteiger partial charge in [-0.1, -0.05) is 0 Å². The fraction of sp³-hybridized carbons (Fsp3) is 0.250. The molecule has 0 unspecified atom stereocenters. The van der Waals surface area contributed by atoms with Crippen LogP contribution in [0.3, 0.4) is 0 Å². The summed E-state index contributed by atoms with van der Waals surface area (Å²) in [6.45, 7) is 1.71. The van der Waals surface area contributed by atoms with E-state index in [2.05, 4.69) is 19.7 Å². The highest BCUT2D eigenvalue weighted by Gasteiger charge is 2.14. The van der Waals surface area contributed by atoms with Crippen LogP contribution in [0.25, 0.3) is 10.4 Å². The van der Waals surface area contributed by atoms with Crippen LogP contribution in [0.4, 0.5) is 5.82 Å². The molecule has 0 atom stereocenters. The summed E-state index contributed by atoms with van der Waals surface area (Å²) in [6, 6.07) is 1.64. The Morgan fingerprint density at radius 2 is 2.43 bits per heavy atom. The molecule has 0 saturated carbocycles. The third kappa shape index (κ3) is 1.81. The molecule has 0 bridgehead atoms. The third-order valence-electron chi connectivity index (χ3n) is 1.67. The number of azide groups is 1. The van der Waals surface area contributed by atoms with Crippen molar-refractivity contribution in [3.05, 3.63) is 33.8 Å². The summed E-state index contributed by atoms with van der Waals surface area (Å²) in [5.41, 5.74) is 9.12. The van der Waals surface area contributed by atoms with Crippen molar-refractivity contribution in [3.8, 4) is 0 Å². The first-order valence-electron chi connectivity index (χ1n) is 3.79. The molecule has 0 radical (unpaired) electrons. The molecule has 6 nitrogen and oxygen atoms in total. The number of carbonyl (C=O) groups is 1. The lowest BCUT2D eigenvalue weighted by Crippen LogP contribution is -2.04. The standard InChI is InChI=1S/C8H8N4O2/c1-5-3-4-10-7(11-12-9)6(5)8(13)14-2/h3-4H,1-2H3. The van der Waals surface area contributed by atoms with Crippen LogP contribution in [0.15, 0.2) is 17.4 Å². The van der Waals surface area contributed by atoms with Crippen LogP contribution in [-0.4, -0.2) is 18.1 Å². The molecule has 0 aliphatic carbocycles. The normalized spacial score (nSPS) is 9.00. The van der Waals surface area contributed by atoms with E-state index in [0.717, 1.165) is 0 Å². The molecular weight excluding hydrogens is 184 g/mol. The van der Waals surface area contributed by atoms with E-state index in [9.17, 15) is 4.79 Å². The summed E-state index contributed by atoms with van der Waals surface area (Å²) in [7, 11) is 1.26. The van der Waals surface area contributed by atoms with Gasteiger partial charge < -0.3 is 4.74 Å². The first-order chi connectivity index (χ1) is 6.70. The van der Waals surface area contributed by atoms with Crippen LogP contribution in [0, 0.1) is 6.92 Å². The first kappa shape index (κ1) is 10.0. The molecule has 1 aromatic heterocycles. The number of ether oxygens (including phenoxy) is 1. The Bertz CT molecular complexity index is 410. The van der Waals surface area contributed by atoms with Gasteiger partial charge in [0.15, 0.2) is 0 Å². The summed E-state index contributed by atoms with van der Waals surface area (Å²) >= 11 is 0. The Balaban J connectivity index is 3.36. The Morgan fingerprint density at radius 1 is 1.71 bits per heavy atom. The number of aryl methyl sites for hydroxylation is 1. The van der Waals surface area contributed by atoms with Gasteiger partial charge in [0.1, 0.15) is 5.82 Å². The molecule has 0 N–H and O–H groups in total. The van der Waals surface area contributed by atoms with Crippen molar-refractivity contribution in [2.24, 2.45) is 5.11 Å². The molecule has 0 spiro atoms. The molecule has 0 saturated heterocycles. The van der Waals surface area contributed by atoms with Gasteiger partial charge in [0, 0.05) is 11.1 Å². The maximum absolute atomic E-state index is 11.3. The Labute approximate surface area is 80.2 Å². The van der Waals surface area contributed by atoms with Gasteiger partial charge in [-0.2, -0.15) is 0 Å². The van der Waals surface area contributed by atoms with Crippen molar-refractivity contribution in [3.63, 3.8) is 0 Å². The van der Waals surface area contributed by atoms with Crippen molar-refractivity contribution in [2.75, 3.05) is 7.11 Å². The van der Waals surface area contributed by atoms with E-state index < -0.39 is 5.97 Å². The van der Waals surface area contributed by atoms with E-state index in [0.29, 0.717) is 5.56 Å². The molecule has 1 aromatic rings. The molecule has 0 aromatic carbocycles. The smallest absolute Gasteiger partial charge is 0.340 e. The molecule has 0 aliphatic rings. The molecule has 72 valence electrons. The van der Waals surface area contributed by atoms with Crippen LogP contribution in [0.5, 0.6) is 0 Å². The van der Waals surface area contributed by atoms with Gasteiger partial charge in [-0.25, -0.2) is 4.79 Å². The van der Waals surface area contributed by atoms with E-state index >= 15 is 0 Å². The van der Waals surface area contributed by atoms with Crippen LogP contribution >= 0.6 is 0 Å². The number of esters is 1. The second kappa shape index (κ2) is 4.25.